The standard InChI is InChI=1S/C14H24N2S/c1-10-4-5-13(11(2)8-10)15-7-6-14-12(3)16-9-17-14/h9-11,13,15H,4-8H2,1-3H3. The van der Waals surface area contributed by atoms with Crippen LogP contribution in [0.2, 0.25) is 0 Å². The van der Waals surface area contributed by atoms with Gasteiger partial charge in [0.15, 0.2) is 0 Å². The molecule has 96 valence electrons. The second kappa shape index (κ2) is 5.96. The maximum absolute atomic E-state index is 4.30. The molecule has 2 nitrogen and oxygen atoms in total. The Labute approximate surface area is 109 Å². The number of nitrogens with zero attached hydrogens (tertiary/aromatic N) is 1. The second-order valence-corrected chi connectivity index (χ2v) is 6.51. The summed E-state index contributed by atoms with van der Waals surface area (Å²) in [7, 11) is 0. The molecule has 3 heteroatoms. The molecule has 1 fully saturated rings. The zero-order chi connectivity index (χ0) is 12.3. The van der Waals surface area contributed by atoms with Gasteiger partial charge >= 0.3 is 0 Å². The van der Waals surface area contributed by atoms with Crippen LogP contribution in [0.1, 0.15) is 43.7 Å². The van der Waals surface area contributed by atoms with Crippen LogP contribution < -0.4 is 5.32 Å². The van der Waals surface area contributed by atoms with Gasteiger partial charge in [0, 0.05) is 17.5 Å². The molecule has 0 aromatic carbocycles. The summed E-state index contributed by atoms with van der Waals surface area (Å²) in [5, 5.41) is 3.74. The van der Waals surface area contributed by atoms with E-state index in [1.54, 1.807) is 11.3 Å². The lowest BCUT2D eigenvalue weighted by atomic mass is 9.80. The van der Waals surface area contributed by atoms with E-state index in [2.05, 4.69) is 31.1 Å². The van der Waals surface area contributed by atoms with Gasteiger partial charge in [-0.1, -0.05) is 13.8 Å². The summed E-state index contributed by atoms with van der Waals surface area (Å²) in [5.74, 6) is 1.76. The molecule has 0 aliphatic heterocycles. The van der Waals surface area contributed by atoms with Crippen LogP contribution in [0.3, 0.4) is 0 Å². The first kappa shape index (κ1) is 13.0. The Hall–Kier alpha value is -0.410. The highest BCUT2D eigenvalue weighted by molar-refractivity contribution is 7.09. The molecule has 3 unspecified atom stereocenters. The van der Waals surface area contributed by atoms with Crippen molar-refractivity contribution in [2.45, 2.75) is 52.5 Å². The zero-order valence-corrected chi connectivity index (χ0v) is 12.0. The lowest BCUT2D eigenvalue weighted by molar-refractivity contribution is 0.229. The maximum Gasteiger partial charge on any atom is 0.0797 e. The van der Waals surface area contributed by atoms with Crippen molar-refractivity contribution in [3.05, 3.63) is 16.1 Å². The van der Waals surface area contributed by atoms with E-state index in [4.69, 9.17) is 0 Å². The van der Waals surface area contributed by atoms with Crippen LogP contribution in [0.4, 0.5) is 0 Å². The molecule has 17 heavy (non-hydrogen) atoms. The van der Waals surface area contributed by atoms with Gasteiger partial charge in [0.2, 0.25) is 0 Å². The van der Waals surface area contributed by atoms with E-state index in [9.17, 15) is 0 Å². The minimum absolute atomic E-state index is 0.736. The van der Waals surface area contributed by atoms with Crippen molar-refractivity contribution in [3.8, 4) is 0 Å². The van der Waals surface area contributed by atoms with E-state index in [1.165, 1.54) is 29.8 Å². The predicted molar refractivity (Wildman–Crippen MR) is 74.5 cm³/mol. The third kappa shape index (κ3) is 3.52. The van der Waals surface area contributed by atoms with Gasteiger partial charge in [0.05, 0.1) is 11.2 Å². The van der Waals surface area contributed by atoms with E-state index in [0.29, 0.717) is 0 Å². The van der Waals surface area contributed by atoms with Crippen molar-refractivity contribution in [2.24, 2.45) is 11.8 Å². The SMILES string of the molecule is Cc1ncsc1CCNC1CCC(C)CC1C. The van der Waals surface area contributed by atoms with E-state index in [0.717, 1.165) is 30.8 Å². The molecule has 0 bridgehead atoms. The minimum atomic E-state index is 0.736. The molecule has 0 amide bonds. The van der Waals surface area contributed by atoms with Gasteiger partial charge in [-0.3, -0.25) is 0 Å². The summed E-state index contributed by atoms with van der Waals surface area (Å²) in [4.78, 5) is 5.74. The number of hydrogen-bond acceptors (Lipinski definition) is 3. The molecule has 0 spiro atoms. The molecule has 3 atom stereocenters. The van der Waals surface area contributed by atoms with Crippen LogP contribution in [0, 0.1) is 18.8 Å². The summed E-state index contributed by atoms with van der Waals surface area (Å²) in [6, 6.07) is 0.736. The maximum atomic E-state index is 4.30. The molecule has 2 rings (SSSR count). The normalized spacial score (nSPS) is 29.5. The fourth-order valence-electron chi connectivity index (χ4n) is 2.91. The monoisotopic (exact) mass is 252 g/mol. The number of aryl methyl sites for hydroxylation is 1. The largest absolute Gasteiger partial charge is 0.313 e. The van der Waals surface area contributed by atoms with Crippen molar-refractivity contribution in [1.29, 1.82) is 0 Å². The Bertz CT molecular complexity index is 348. The van der Waals surface area contributed by atoms with E-state index < -0.39 is 0 Å². The van der Waals surface area contributed by atoms with Gasteiger partial charge in [-0.15, -0.1) is 11.3 Å². The molecule has 1 aliphatic rings. The summed E-state index contributed by atoms with van der Waals surface area (Å²) in [6.45, 7) is 7.99. The summed E-state index contributed by atoms with van der Waals surface area (Å²) >= 11 is 1.79. The molecular formula is C14H24N2S. The fourth-order valence-corrected chi connectivity index (χ4v) is 3.69. The fraction of sp³-hybridized carbons (Fsp3) is 0.786. The molecular weight excluding hydrogens is 228 g/mol. The van der Waals surface area contributed by atoms with Crippen molar-refractivity contribution < 1.29 is 0 Å². The number of hydrogen-bond donors (Lipinski definition) is 1. The third-order valence-corrected chi connectivity index (χ3v) is 5.03. The first-order valence-corrected chi connectivity index (χ1v) is 7.67. The van der Waals surface area contributed by atoms with E-state index >= 15 is 0 Å². The number of thiazole rings is 1. The summed E-state index contributed by atoms with van der Waals surface area (Å²) < 4.78 is 0. The lowest BCUT2D eigenvalue weighted by Crippen LogP contribution is -2.39. The lowest BCUT2D eigenvalue weighted by Gasteiger charge is -2.33. The Morgan fingerprint density at radius 1 is 1.41 bits per heavy atom. The molecule has 1 saturated carbocycles. The zero-order valence-electron chi connectivity index (χ0n) is 11.2. The summed E-state index contributed by atoms with van der Waals surface area (Å²) in [5.41, 5.74) is 3.16. The molecule has 1 N–H and O–H groups in total. The van der Waals surface area contributed by atoms with Gasteiger partial charge in [-0.25, -0.2) is 4.98 Å². The third-order valence-electron chi connectivity index (χ3n) is 4.03. The van der Waals surface area contributed by atoms with Gasteiger partial charge in [-0.2, -0.15) is 0 Å². The highest BCUT2D eigenvalue weighted by atomic mass is 32.1. The average molecular weight is 252 g/mol. The molecule has 0 radical (unpaired) electrons. The van der Waals surface area contributed by atoms with Crippen LogP contribution in [-0.2, 0) is 6.42 Å². The highest BCUT2D eigenvalue weighted by Crippen LogP contribution is 2.28. The molecule has 1 aromatic rings. The van der Waals surface area contributed by atoms with Gasteiger partial charge in [0.1, 0.15) is 0 Å². The van der Waals surface area contributed by atoms with Crippen LogP contribution in [-0.4, -0.2) is 17.6 Å². The van der Waals surface area contributed by atoms with Gasteiger partial charge in [-0.05, 0) is 44.4 Å². The predicted octanol–water partition coefficient (Wildman–Crippen LogP) is 3.41. The highest BCUT2D eigenvalue weighted by Gasteiger charge is 2.24. The van der Waals surface area contributed by atoms with Crippen LogP contribution in [0.5, 0.6) is 0 Å². The van der Waals surface area contributed by atoms with E-state index in [1.807, 2.05) is 5.51 Å². The number of aromatic nitrogens is 1. The number of rotatable bonds is 4. The quantitative estimate of drug-likeness (QED) is 0.888. The van der Waals surface area contributed by atoms with Crippen molar-refractivity contribution >= 4 is 11.3 Å². The molecule has 0 saturated heterocycles. The van der Waals surface area contributed by atoms with E-state index in [-0.39, 0.29) is 0 Å². The average Bonchev–Trinajstić information content (AvgIpc) is 2.68. The summed E-state index contributed by atoms with van der Waals surface area (Å²) in [6.07, 6.45) is 5.26. The van der Waals surface area contributed by atoms with Gasteiger partial charge < -0.3 is 5.32 Å². The Balaban J connectivity index is 1.73. The Kier molecular flexibility index (Phi) is 4.57. The molecule has 1 aliphatic carbocycles. The number of nitrogens with one attached hydrogen (secondary N) is 1. The smallest absolute Gasteiger partial charge is 0.0797 e. The molecule has 1 aromatic heterocycles. The van der Waals surface area contributed by atoms with Crippen molar-refractivity contribution in [1.82, 2.24) is 10.3 Å². The van der Waals surface area contributed by atoms with Gasteiger partial charge in [0.25, 0.3) is 0 Å². The first-order chi connectivity index (χ1) is 8.16. The van der Waals surface area contributed by atoms with Crippen LogP contribution >= 0.6 is 11.3 Å². The Morgan fingerprint density at radius 2 is 2.24 bits per heavy atom. The first-order valence-electron chi connectivity index (χ1n) is 6.79. The second-order valence-electron chi connectivity index (χ2n) is 5.57. The van der Waals surface area contributed by atoms with Crippen molar-refractivity contribution in [3.63, 3.8) is 0 Å². The minimum Gasteiger partial charge on any atom is -0.313 e. The molecule has 1 heterocycles. The van der Waals surface area contributed by atoms with Crippen LogP contribution in [0.15, 0.2) is 5.51 Å². The van der Waals surface area contributed by atoms with Crippen molar-refractivity contribution in [2.75, 3.05) is 6.54 Å². The topological polar surface area (TPSA) is 24.9 Å². The van der Waals surface area contributed by atoms with Crippen LogP contribution in [0.25, 0.3) is 0 Å². The Morgan fingerprint density at radius 3 is 2.88 bits per heavy atom.